The summed E-state index contributed by atoms with van der Waals surface area (Å²) in [5.74, 6) is -2.98. The highest BCUT2D eigenvalue weighted by Crippen LogP contribution is 2.08. The Hall–Kier alpha value is -2.18. The van der Waals surface area contributed by atoms with Crippen molar-refractivity contribution >= 4 is 12.0 Å². The molecule has 0 aromatic heterocycles. The summed E-state index contributed by atoms with van der Waals surface area (Å²) in [4.78, 5) is 22.6. The number of urea groups is 1. The second-order valence-corrected chi connectivity index (χ2v) is 5.10. The van der Waals surface area contributed by atoms with Crippen LogP contribution in [0.4, 0.5) is 13.6 Å². The van der Waals surface area contributed by atoms with Gasteiger partial charge in [0.25, 0.3) is 0 Å². The highest BCUT2D eigenvalue weighted by molar-refractivity contribution is 5.82. The van der Waals surface area contributed by atoms with E-state index in [0.717, 1.165) is 12.1 Å². The van der Waals surface area contributed by atoms with Gasteiger partial charge < -0.3 is 15.7 Å². The van der Waals surface area contributed by atoms with E-state index in [1.54, 1.807) is 0 Å². The SMILES string of the molecule is CC(C)CC(NC(=O)NCc1ccc(F)c(F)c1)C(=O)O. The number of nitrogens with one attached hydrogen (secondary N) is 2. The standard InChI is InChI=1S/C14H18F2N2O3/c1-8(2)5-12(13(19)20)18-14(21)17-7-9-3-4-10(15)11(16)6-9/h3-4,6,8,12H,5,7H2,1-2H3,(H,19,20)(H2,17,18,21). The van der Waals surface area contributed by atoms with Gasteiger partial charge in [-0.25, -0.2) is 18.4 Å². The van der Waals surface area contributed by atoms with Crippen LogP contribution in [0.15, 0.2) is 18.2 Å². The van der Waals surface area contributed by atoms with Crippen molar-refractivity contribution in [3.8, 4) is 0 Å². The Balaban J connectivity index is 2.52. The van der Waals surface area contributed by atoms with E-state index in [4.69, 9.17) is 5.11 Å². The van der Waals surface area contributed by atoms with Crippen molar-refractivity contribution in [3.05, 3.63) is 35.4 Å². The zero-order valence-electron chi connectivity index (χ0n) is 11.8. The number of carbonyl (C=O) groups excluding carboxylic acids is 1. The summed E-state index contributed by atoms with van der Waals surface area (Å²) in [5, 5.41) is 13.7. The highest BCUT2D eigenvalue weighted by atomic mass is 19.2. The number of benzene rings is 1. The molecule has 0 fully saturated rings. The third-order valence-electron chi connectivity index (χ3n) is 2.75. The topological polar surface area (TPSA) is 78.4 Å². The zero-order valence-corrected chi connectivity index (χ0v) is 11.8. The first-order valence-electron chi connectivity index (χ1n) is 6.50. The van der Waals surface area contributed by atoms with Crippen LogP contribution >= 0.6 is 0 Å². The molecule has 5 nitrogen and oxygen atoms in total. The molecule has 116 valence electrons. The molecular weight excluding hydrogens is 282 g/mol. The van der Waals surface area contributed by atoms with Crippen LogP contribution in [-0.4, -0.2) is 23.1 Å². The van der Waals surface area contributed by atoms with Crippen LogP contribution < -0.4 is 10.6 Å². The van der Waals surface area contributed by atoms with Crippen LogP contribution in [-0.2, 0) is 11.3 Å². The van der Waals surface area contributed by atoms with E-state index < -0.39 is 29.7 Å². The molecule has 7 heteroatoms. The number of amides is 2. The highest BCUT2D eigenvalue weighted by Gasteiger charge is 2.20. The van der Waals surface area contributed by atoms with E-state index in [0.29, 0.717) is 12.0 Å². The molecule has 0 bridgehead atoms. The van der Waals surface area contributed by atoms with Gasteiger partial charge in [0.1, 0.15) is 6.04 Å². The fourth-order valence-corrected chi connectivity index (χ4v) is 1.73. The number of hydrogen-bond donors (Lipinski definition) is 3. The van der Waals surface area contributed by atoms with Crippen molar-refractivity contribution < 1.29 is 23.5 Å². The molecule has 0 aliphatic heterocycles. The number of carbonyl (C=O) groups is 2. The lowest BCUT2D eigenvalue weighted by molar-refractivity contribution is -0.139. The molecule has 0 saturated carbocycles. The molecule has 3 N–H and O–H groups in total. The van der Waals surface area contributed by atoms with Gasteiger partial charge in [-0.1, -0.05) is 19.9 Å². The van der Waals surface area contributed by atoms with E-state index in [2.05, 4.69) is 10.6 Å². The molecule has 1 aromatic rings. The summed E-state index contributed by atoms with van der Waals surface area (Å²) in [6.45, 7) is 3.66. The van der Waals surface area contributed by atoms with Gasteiger partial charge in [-0.15, -0.1) is 0 Å². The van der Waals surface area contributed by atoms with Gasteiger partial charge in [-0.2, -0.15) is 0 Å². The van der Waals surface area contributed by atoms with E-state index in [1.165, 1.54) is 6.07 Å². The van der Waals surface area contributed by atoms with Crippen LogP contribution in [0, 0.1) is 17.6 Å². The Morgan fingerprint density at radius 1 is 1.24 bits per heavy atom. The fourth-order valence-electron chi connectivity index (χ4n) is 1.73. The average molecular weight is 300 g/mol. The summed E-state index contributed by atoms with van der Waals surface area (Å²) in [5.41, 5.74) is 0.375. The smallest absolute Gasteiger partial charge is 0.326 e. The number of hydrogen-bond acceptors (Lipinski definition) is 2. The summed E-state index contributed by atoms with van der Waals surface area (Å²) >= 11 is 0. The van der Waals surface area contributed by atoms with Crippen molar-refractivity contribution in [2.75, 3.05) is 0 Å². The Morgan fingerprint density at radius 2 is 1.90 bits per heavy atom. The van der Waals surface area contributed by atoms with Gasteiger partial charge in [-0.05, 0) is 30.0 Å². The van der Waals surface area contributed by atoms with Gasteiger partial charge >= 0.3 is 12.0 Å². The summed E-state index contributed by atoms with van der Waals surface area (Å²) in [6.07, 6.45) is 0.300. The minimum absolute atomic E-state index is 0.0307. The average Bonchev–Trinajstić information content (AvgIpc) is 2.38. The molecule has 0 heterocycles. The van der Waals surface area contributed by atoms with Crippen LogP contribution in [0.25, 0.3) is 0 Å². The van der Waals surface area contributed by atoms with Crippen molar-refractivity contribution in [1.29, 1.82) is 0 Å². The number of carboxylic acids is 1. The van der Waals surface area contributed by atoms with E-state index in [9.17, 15) is 18.4 Å². The molecule has 1 atom stereocenters. The third kappa shape index (κ3) is 5.76. The largest absolute Gasteiger partial charge is 0.480 e. The predicted molar refractivity (Wildman–Crippen MR) is 72.6 cm³/mol. The molecule has 21 heavy (non-hydrogen) atoms. The minimum atomic E-state index is -1.12. The normalized spacial score (nSPS) is 12.0. The molecule has 0 aliphatic carbocycles. The lowest BCUT2D eigenvalue weighted by Crippen LogP contribution is -2.46. The van der Waals surface area contributed by atoms with Gasteiger partial charge in [0, 0.05) is 6.54 Å². The second-order valence-electron chi connectivity index (χ2n) is 5.10. The monoisotopic (exact) mass is 300 g/mol. The molecule has 1 rings (SSSR count). The Morgan fingerprint density at radius 3 is 2.43 bits per heavy atom. The maximum Gasteiger partial charge on any atom is 0.326 e. The molecule has 0 radical (unpaired) electrons. The third-order valence-corrected chi connectivity index (χ3v) is 2.75. The maximum atomic E-state index is 13.0. The van der Waals surface area contributed by atoms with Crippen molar-refractivity contribution in [2.24, 2.45) is 5.92 Å². The Bertz CT molecular complexity index is 521. The van der Waals surface area contributed by atoms with E-state index in [1.807, 2.05) is 13.8 Å². The summed E-state index contributed by atoms with van der Waals surface area (Å²) < 4.78 is 25.7. The molecule has 0 saturated heterocycles. The first-order valence-corrected chi connectivity index (χ1v) is 6.50. The van der Waals surface area contributed by atoms with Crippen molar-refractivity contribution in [1.82, 2.24) is 10.6 Å². The number of carboxylic acid groups (broad SMARTS) is 1. The van der Waals surface area contributed by atoms with Crippen molar-refractivity contribution in [2.45, 2.75) is 32.9 Å². The molecule has 1 unspecified atom stereocenters. The first kappa shape index (κ1) is 16.9. The van der Waals surface area contributed by atoms with E-state index >= 15 is 0 Å². The molecule has 0 spiro atoms. The minimum Gasteiger partial charge on any atom is -0.480 e. The first-order chi connectivity index (χ1) is 9.79. The van der Waals surface area contributed by atoms with Gasteiger partial charge in [0.15, 0.2) is 11.6 Å². The van der Waals surface area contributed by atoms with Gasteiger partial charge in [0.2, 0.25) is 0 Å². The van der Waals surface area contributed by atoms with Crippen molar-refractivity contribution in [3.63, 3.8) is 0 Å². The van der Waals surface area contributed by atoms with E-state index in [-0.39, 0.29) is 12.5 Å². The number of aliphatic carboxylic acids is 1. The van der Waals surface area contributed by atoms with Crippen LogP contribution in [0.2, 0.25) is 0 Å². The molecular formula is C14H18F2N2O3. The quantitative estimate of drug-likeness (QED) is 0.754. The van der Waals surface area contributed by atoms with Gasteiger partial charge in [-0.3, -0.25) is 0 Å². The maximum absolute atomic E-state index is 13.0. The molecule has 0 aliphatic rings. The second kappa shape index (κ2) is 7.56. The number of rotatable bonds is 6. The Labute approximate surface area is 121 Å². The fraction of sp³-hybridized carbons (Fsp3) is 0.429. The number of halogens is 2. The van der Waals surface area contributed by atoms with Gasteiger partial charge in [0.05, 0.1) is 0 Å². The summed E-state index contributed by atoms with van der Waals surface area (Å²) in [7, 11) is 0. The lowest BCUT2D eigenvalue weighted by atomic mass is 10.0. The van der Waals surface area contributed by atoms with Crippen LogP contribution in [0.1, 0.15) is 25.8 Å². The zero-order chi connectivity index (χ0) is 16.0. The summed E-state index contributed by atoms with van der Waals surface area (Å²) in [6, 6.07) is 1.60. The van der Waals surface area contributed by atoms with Crippen LogP contribution in [0.3, 0.4) is 0 Å². The Kier molecular flexibility index (Phi) is 6.08. The van der Waals surface area contributed by atoms with Crippen LogP contribution in [0.5, 0.6) is 0 Å². The molecule has 2 amide bonds. The predicted octanol–water partition coefficient (Wildman–Crippen LogP) is 2.26. The molecule has 1 aromatic carbocycles. The lowest BCUT2D eigenvalue weighted by Gasteiger charge is -2.17.